The van der Waals surface area contributed by atoms with Gasteiger partial charge in [0.2, 0.25) is 0 Å². The first-order chi connectivity index (χ1) is 11.7. The van der Waals surface area contributed by atoms with Crippen molar-refractivity contribution in [2.24, 2.45) is 0 Å². The minimum Gasteiger partial charge on any atom is -0.461 e. The summed E-state index contributed by atoms with van der Waals surface area (Å²) in [5.74, 6) is -0.308. The van der Waals surface area contributed by atoms with Crippen LogP contribution in [0.2, 0.25) is 0 Å². The van der Waals surface area contributed by atoms with Crippen molar-refractivity contribution in [1.29, 1.82) is 0 Å². The molecule has 136 valence electrons. The Morgan fingerprint density at radius 1 is 1.04 bits per heavy atom. The van der Waals surface area contributed by atoms with Crippen molar-refractivity contribution >= 4 is 5.97 Å². The molecule has 0 fully saturated rings. The Hall–Kier alpha value is -1.39. The van der Waals surface area contributed by atoms with E-state index in [0.29, 0.717) is 6.61 Å². The fourth-order valence-electron chi connectivity index (χ4n) is 2.41. The molecule has 1 unspecified atom stereocenters. The van der Waals surface area contributed by atoms with E-state index in [0.717, 1.165) is 18.4 Å². The van der Waals surface area contributed by atoms with Crippen molar-refractivity contribution in [3.05, 3.63) is 35.9 Å². The Labute approximate surface area is 146 Å². The van der Waals surface area contributed by atoms with Crippen LogP contribution in [0.5, 0.6) is 0 Å². The van der Waals surface area contributed by atoms with Gasteiger partial charge in [0.05, 0.1) is 6.42 Å². The monoisotopic (exact) mass is 336 g/mol. The lowest BCUT2D eigenvalue weighted by Gasteiger charge is -2.11. The summed E-state index contributed by atoms with van der Waals surface area (Å²) in [4.78, 5) is 11.6. The van der Waals surface area contributed by atoms with Crippen molar-refractivity contribution in [2.45, 2.75) is 77.6 Å². The van der Waals surface area contributed by atoms with Gasteiger partial charge in [0, 0.05) is 13.0 Å². The molecular formula is C20H32O4. The summed E-state index contributed by atoms with van der Waals surface area (Å²) in [7, 11) is 0. The normalized spacial score (nSPS) is 12.1. The number of carbonyl (C=O) groups is 1. The largest absolute Gasteiger partial charge is 0.461 e. The molecule has 0 saturated carbocycles. The number of benzene rings is 1. The van der Waals surface area contributed by atoms with E-state index in [4.69, 9.17) is 9.47 Å². The van der Waals surface area contributed by atoms with Gasteiger partial charge < -0.3 is 14.6 Å². The van der Waals surface area contributed by atoms with Gasteiger partial charge in [-0.05, 0) is 12.0 Å². The van der Waals surface area contributed by atoms with E-state index in [1.807, 2.05) is 30.3 Å². The van der Waals surface area contributed by atoms with Crippen molar-refractivity contribution in [3.63, 3.8) is 0 Å². The predicted octanol–water partition coefficient (Wildman–Crippen LogP) is 4.60. The summed E-state index contributed by atoms with van der Waals surface area (Å²) in [6.07, 6.45) is 8.07. The van der Waals surface area contributed by atoms with Crippen molar-refractivity contribution in [1.82, 2.24) is 0 Å². The molecule has 4 heteroatoms. The Morgan fingerprint density at radius 2 is 1.71 bits per heavy atom. The first-order valence-electron chi connectivity index (χ1n) is 9.21. The first kappa shape index (κ1) is 20.7. The molecule has 1 aromatic rings. The Kier molecular flexibility index (Phi) is 12.0. The summed E-state index contributed by atoms with van der Waals surface area (Å²) < 4.78 is 10.5. The Morgan fingerprint density at radius 3 is 2.42 bits per heavy atom. The van der Waals surface area contributed by atoms with Crippen LogP contribution in [0, 0.1) is 0 Å². The zero-order valence-corrected chi connectivity index (χ0v) is 14.9. The van der Waals surface area contributed by atoms with Crippen LogP contribution in [-0.4, -0.2) is 24.0 Å². The molecule has 1 rings (SSSR count). The molecule has 24 heavy (non-hydrogen) atoms. The molecule has 4 nitrogen and oxygen atoms in total. The number of carbonyl (C=O) groups excluding carboxylic acids is 1. The van der Waals surface area contributed by atoms with Crippen molar-refractivity contribution in [3.8, 4) is 0 Å². The smallest absolute Gasteiger partial charge is 0.306 e. The minimum atomic E-state index is -0.880. The number of rotatable bonds is 14. The fourth-order valence-corrected chi connectivity index (χ4v) is 2.41. The highest BCUT2D eigenvalue weighted by atomic mass is 16.6. The third-order valence-electron chi connectivity index (χ3n) is 3.90. The predicted molar refractivity (Wildman–Crippen MR) is 95.4 cm³/mol. The number of hydrogen-bond donors (Lipinski definition) is 1. The highest BCUT2D eigenvalue weighted by molar-refractivity contribution is 5.69. The third-order valence-corrected chi connectivity index (χ3v) is 3.90. The van der Waals surface area contributed by atoms with Crippen LogP contribution in [-0.2, 0) is 20.9 Å². The number of ether oxygens (including phenoxy) is 2. The van der Waals surface area contributed by atoms with Gasteiger partial charge >= 0.3 is 5.97 Å². The molecule has 0 spiro atoms. The van der Waals surface area contributed by atoms with Crippen molar-refractivity contribution in [2.75, 3.05) is 6.61 Å². The average Bonchev–Trinajstić information content (AvgIpc) is 2.61. The Bertz CT molecular complexity index is 419. The van der Waals surface area contributed by atoms with E-state index in [-0.39, 0.29) is 25.4 Å². The second kappa shape index (κ2) is 14.0. The highest BCUT2D eigenvalue weighted by Gasteiger charge is 2.09. The molecule has 0 bridgehead atoms. The van der Waals surface area contributed by atoms with Crippen LogP contribution in [0.4, 0.5) is 0 Å². The molecule has 0 radical (unpaired) electrons. The molecular weight excluding hydrogens is 304 g/mol. The molecule has 1 atom stereocenters. The molecule has 0 amide bonds. The highest BCUT2D eigenvalue weighted by Crippen LogP contribution is 2.09. The van der Waals surface area contributed by atoms with Gasteiger partial charge in [0.1, 0.15) is 6.61 Å². The van der Waals surface area contributed by atoms with Gasteiger partial charge in [-0.1, -0.05) is 75.8 Å². The second-order valence-corrected chi connectivity index (χ2v) is 6.13. The van der Waals surface area contributed by atoms with Crippen LogP contribution in [0.25, 0.3) is 0 Å². The summed E-state index contributed by atoms with van der Waals surface area (Å²) in [6, 6.07) is 9.56. The summed E-state index contributed by atoms with van der Waals surface area (Å²) in [5, 5.41) is 9.73. The fraction of sp³-hybridized carbons (Fsp3) is 0.650. The zero-order valence-electron chi connectivity index (χ0n) is 14.9. The Balaban J connectivity index is 1.95. The lowest BCUT2D eigenvalue weighted by molar-refractivity contribution is -0.149. The summed E-state index contributed by atoms with van der Waals surface area (Å²) in [6.45, 7) is 3.04. The quantitative estimate of drug-likeness (QED) is 0.306. The third kappa shape index (κ3) is 11.2. The lowest BCUT2D eigenvalue weighted by atomic mass is 10.1. The van der Waals surface area contributed by atoms with Gasteiger partial charge in [0.25, 0.3) is 0 Å². The zero-order chi connectivity index (χ0) is 17.5. The topological polar surface area (TPSA) is 55.8 Å². The van der Waals surface area contributed by atoms with Crippen LogP contribution in [0.3, 0.4) is 0 Å². The SMILES string of the molecule is CCCCCCCCCOC(O)CCC(=O)OCc1ccccc1. The number of aliphatic hydroxyl groups is 1. The maximum absolute atomic E-state index is 11.6. The first-order valence-corrected chi connectivity index (χ1v) is 9.21. The lowest BCUT2D eigenvalue weighted by Crippen LogP contribution is -2.15. The van der Waals surface area contributed by atoms with Gasteiger partial charge in [-0.25, -0.2) is 0 Å². The second-order valence-electron chi connectivity index (χ2n) is 6.13. The van der Waals surface area contributed by atoms with Gasteiger partial charge in [0.15, 0.2) is 6.29 Å². The number of hydrogen-bond acceptors (Lipinski definition) is 4. The van der Waals surface area contributed by atoms with Crippen LogP contribution in [0.15, 0.2) is 30.3 Å². The standard InChI is InChI=1S/C20H32O4/c1-2-3-4-5-6-7-11-16-23-19(21)14-15-20(22)24-17-18-12-9-8-10-13-18/h8-10,12-13,19,21H,2-7,11,14-17H2,1H3. The van der Waals surface area contributed by atoms with Crippen LogP contribution in [0.1, 0.15) is 70.3 Å². The number of unbranched alkanes of at least 4 members (excludes halogenated alkanes) is 6. The van der Waals surface area contributed by atoms with Gasteiger partial charge in [-0.2, -0.15) is 0 Å². The molecule has 0 heterocycles. The van der Waals surface area contributed by atoms with E-state index in [1.165, 1.54) is 32.1 Å². The van der Waals surface area contributed by atoms with E-state index in [9.17, 15) is 9.90 Å². The number of esters is 1. The molecule has 0 aliphatic carbocycles. The van der Waals surface area contributed by atoms with Gasteiger partial charge in [-0.3, -0.25) is 4.79 Å². The van der Waals surface area contributed by atoms with E-state index < -0.39 is 6.29 Å². The van der Waals surface area contributed by atoms with Crippen LogP contribution >= 0.6 is 0 Å². The maximum atomic E-state index is 11.6. The summed E-state index contributed by atoms with van der Waals surface area (Å²) in [5.41, 5.74) is 0.960. The van der Waals surface area contributed by atoms with Crippen LogP contribution < -0.4 is 0 Å². The average molecular weight is 336 g/mol. The molecule has 1 N–H and O–H groups in total. The van der Waals surface area contributed by atoms with E-state index >= 15 is 0 Å². The van der Waals surface area contributed by atoms with Crippen molar-refractivity contribution < 1.29 is 19.4 Å². The molecule has 0 aliphatic rings. The molecule has 0 saturated heterocycles. The number of aliphatic hydroxyl groups excluding tert-OH is 1. The minimum absolute atomic E-state index is 0.172. The maximum Gasteiger partial charge on any atom is 0.306 e. The van der Waals surface area contributed by atoms with E-state index in [1.54, 1.807) is 0 Å². The van der Waals surface area contributed by atoms with Gasteiger partial charge in [-0.15, -0.1) is 0 Å². The summed E-state index contributed by atoms with van der Waals surface area (Å²) >= 11 is 0. The molecule has 0 aromatic heterocycles. The molecule has 1 aromatic carbocycles. The molecule has 0 aliphatic heterocycles. The van der Waals surface area contributed by atoms with E-state index in [2.05, 4.69) is 6.92 Å².